The maximum absolute atomic E-state index is 10.7. The molecular formula is C31H40O6. The number of benzene rings is 2. The quantitative estimate of drug-likeness (QED) is 0.350. The SMILES string of the molecule is COc1cc(/C=C/c2cc3c(c(OC)c2)O[C@]2(C)C[C@@H](O)[C@@H](O)C(C)(C)[C@H]2C3)cc(O)c1CC=C(C)C. The van der Waals surface area contributed by atoms with Gasteiger partial charge >= 0.3 is 0 Å². The zero-order valence-electron chi connectivity index (χ0n) is 23.0. The van der Waals surface area contributed by atoms with Gasteiger partial charge in [0.05, 0.1) is 26.4 Å². The van der Waals surface area contributed by atoms with Crippen LogP contribution in [0.15, 0.2) is 35.9 Å². The standard InChI is InChI=1S/C31H40O6/c1-18(2)8-11-22-23(32)13-20(14-25(22)35-6)10-9-19-12-21-16-27-30(3,4)29(34)24(33)17-31(27,5)37-28(21)26(15-19)36-7/h8-10,12-15,24,27,29,32-34H,11,16-17H2,1-7H3/b10-9+/t24-,27-,29-,31-/m1/s1. The number of ether oxygens (including phenoxy) is 3. The van der Waals surface area contributed by atoms with Crippen LogP contribution in [0.4, 0.5) is 0 Å². The first-order valence-electron chi connectivity index (χ1n) is 12.9. The van der Waals surface area contributed by atoms with Crippen molar-refractivity contribution in [2.75, 3.05) is 14.2 Å². The van der Waals surface area contributed by atoms with E-state index in [0.717, 1.165) is 22.3 Å². The van der Waals surface area contributed by atoms with Gasteiger partial charge in [-0.1, -0.05) is 37.6 Å². The Kier molecular flexibility index (Phi) is 7.37. The second kappa shape index (κ2) is 10.1. The first kappa shape index (κ1) is 27.1. The Bertz CT molecular complexity index is 1220. The van der Waals surface area contributed by atoms with Crippen LogP contribution in [0.1, 0.15) is 63.3 Å². The van der Waals surface area contributed by atoms with Crippen molar-refractivity contribution in [2.24, 2.45) is 11.3 Å². The molecule has 200 valence electrons. The van der Waals surface area contributed by atoms with Gasteiger partial charge in [-0.3, -0.25) is 0 Å². The van der Waals surface area contributed by atoms with Gasteiger partial charge in [-0.15, -0.1) is 0 Å². The normalized spacial score (nSPS) is 26.1. The van der Waals surface area contributed by atoms with Crippen molar-refractivity contribution in [1.82, 2.24) is 0 Å². The second-order valence-electron chi connectivity index (χ2n) is 11.5. The summed E-state index contributed by atoms with van der Waals surface area (Å²) in [4.78, 5) is 0. The number of aliphatic hydroxyl groups excluding tert-OH is 2. The van der Waals surface area contributed by atoms with Crippen LogP contribution < -0.4 is 14.2 Å². The van der Waals surface area contributed by atoms with Crippen LogP contribution in [0, 0.1) is 11.3 Å². The minimum Gasteiger partial charge on any atom is -0.507 e. The Morgan fingerprint density at radius 1 is 1.00 bits per heavy atom. The van der Waals surface area contributed by atoms with Crippen LogP contribution in [-0.2, 0) is 12.8 Å². The molecule has 0 aromatic heterocycles. The number of hydrogen-bond donors (Lipinski definition) is 3. The number of phenols is 1. The number of methoxy groups -OCH3 is 2. The van der Waals surface area contributed by atoms with Gasteiger partial charge in [-0.25, -0.2) is 0 Å². The molecule has 37 heavy (non-hydrogen) atoms. The number of rotatable bonds is 6. The van der Waals surface area contributed by atoms with E-state index in [1.165, 1.54) is 5.57 Å². The summed E-state index contributed by atoms with van der Waals surface area (Å²) in [6.07, 6.45) is 5.99. The Labute approximate surface area is 220 Å². The Hall–Kier alpha value is -2.96. The van der Waals surface area contributed by atoms with Gasteiger partial charge in [0.25, 0.3) is 0 Å². The molecule has 6 heteroatoms. The Morgan fingerprint density at radius 2 is 1.62 bits per heavy atom. The molecule has 2 aliphatic rings. The summed E-state index contributed by atoms with van der Waals surface area (Å²) in [5.41, 5.74) is 3.57. The average Bonchev–Trinajstić information content (AvgIpc) is 2.84. The minimum absolute atomic E-state index is 0.0180. The number of aromatic hydroxyl groups is 1. The third-order valence-corrected chi connectivity index (χ3v) is 8.12. The number of allylic oxidation sites excluding steroid dienone is 2. The molecule has 0 saturated heterocycles. The average molecular weight is 509 g/mol. The Morgan fingerprint density at radius 3 is 2.24 bits per heavy atom. The largest absolute Gasteiger partial charge is 0.507 e. The molecule has 0 amide bonds. The van der Waals surface area contributed by atoms with Gasteiger partial charge < -0.3 is 29.5 Å². The highest BCUT2D eigenvalue weighted by molar-refractivity contribution is 5.74. The van der Waals surface area contributed by atoms with E-state index in [9.17, 15) is 15.3 Å². The number of fused-ring (bicyclic) bond motifs is 2. The van der Waals surface area contributed by atoms with Crippen molar-refractivity contribution in [2.45, 2.75) is 71.7 Å². The molecule has 0 bridgehead atoms. The molecule has 0 unspecified atom stereocenters. The third kappa shape index (κ3) is 5.10. The van der Waals surface area contributed by atoms with Crippen molar-refractivity contribution >= 4 is 12.2 Å². The van der Waals surface area contributed by atoms with Gasteiger partial charge in [0, 0.05) is 23.3 Å². The molecule has 4 rings (SSSR count). The summed E-state index contributed by atoms with van der Waals surface area (Å²) in [6.45, 7) is 10.1. The lowest BCUT2D eigenvalue weighted by atomic mass is 9.57. The van der Waals surface area contributed by atoms with Crippen molar-refractivity contribution in [3.63, 3.8) is 0 Å². The molecular weight excluding hydrogens is 468 g/mol. The van der Waals surface area contributed by atoms with E-state index in [4.69, 9.17) is 14.2 Å². The minimum atomic E-state index is -0.840. The lowest BCUT2D eigenvalue weighted by Gasteiger charge is -2.56. The molecule has 1 saturated carbocycles. The van der Waals surface area contributed by atoms with Crippen LogP contribution >= 0.6 is 0 Å². The lowest BCUT2D eigenvalue weighted by Crippen LogP contribution is -2.63. The summed E-state index contributed by atoms with van der Waals surface area (Å²) in [5, 5.41) is 31.9. The van der Waals surface area contributed by atoms with Crippen LogP contribution in [0.5, 0.6) is 23.0 Å². The van der Waals surface area contributed by atoms with Crippen molar-refractivity contribution < 1.29 is 29.5 Å². The van der Waals surface area contributed by atoms with Crippen molar-refractivity contribution in [3.05, 3.63) is 58.2 Å². The van der Waals surface area contributed by atoms with E-state index in [1.807, 2.05) is 58.9 Å². The summed E-state index contributed by atoms with van der Waals surface area (Å²) in [7, 11) is 3.23. The monoisotopic (exact) mass is 508 g/mol. The molecule has 6 nitrogen and oxygen atoms in total. The predicted molar refractivity (Wildman–Crippen MR) is 146 cm³/mol. The van der Waals surface area contributed by atoms with Gasteiger partial charge in [0.2, 0.25) is 0 Å². The van der Waals surface area contributed by atoms with E-state index >= 15 is 0 Å². The Balaban J connectivity index is 1.67. The van der Waals surface area contributed by atoms with E-state index in [1.54, 1.807) is 20.3 Å². The summed E-state index contributed by atoms with van der Waals surface area (Å²) < 4.78 is 17.8. The lowest BCUT2D eigenvalue weighted by molar-refractivity contribution is -0.187. The van der Waals surface area contributed by atoms with Gasteiger partial charge in [0.1, 0.15) is 17.1 Å². The van der Waals surface area contributed by atoms with Crippen LogP contribution in [0.25, 0.3) is 12.2 Å². The van der Waals surface area contributed by atoms with Gasteiger partial charge in [0.15, 0.2) is 11.5 Å². The molecule has 0 radical (unpaired) electrons. The highest BCUT2D eigenvalue weighted by atomic mass is 16.5. The van der Waals surface area contributed by atoms with E-state index < -0.39 is 23.2 Å². The van der Waals surface area contributed by atoms with Crippen LogP contribution in [0.2, 0.25) is 0 Å². The maximum atomic E-state index is 10.7. The molecule has 0 spiro atoms. The molecule has 2 aromatic rings. The summed E-state index contributed by atoms with van der Waals surface area (Å²) >= 11 is 0. The van der Waals surface area contributed by atoms with Gasteiger partial charge in [-0.05, 0) is 74.6 Å². The molecule has 1 heterocycles. The topological polar surface area (TPSA) is 88.4 Å². The second-order valence-corrected chi connectivity index (χ2v) is 11.5. The molecule has 1 fully saturated rings. The van der Waals surface area contributed by atoms with Crippen LogP contribution in [0.3, 0.4) is 0 Å². The van der Waals surface area contributed by atoms with Gasteiger partial charge in [-0.2, -0.15) is 0 Å². The van der Waals surface area contributed by atoms with E-state index in [0.29, 0.717) is 36.5 Å². The van der Waals surface area contributed by atoms with E-state index in [2.05, 4.69) is 12.1 Å². The highest BCUT2D eigenvalue weighted by Crippen LogP contribution is 2.55. The van der Waals surface area contributed by atoms with Crippen molar-refractivity contribution in [3.8, 4) is 23.0 Å². The molecule has 4 atom stereocenters. The predicted octanol–water partition coefficient (Wildman–Crippen LogP) is 5.55. The fourth-order valence-electron chi connectivity index (χ4n) is 6.04. The first-order chi connectivity index (χ1) is 17.4. The zero-order valence-corrected chi connectivity index (χ0v) is 23.0. The molecule has 2 aromatic carbocycles. The summed E-state index contributed by atoms with van der Waals surface area (Å²) in [6, 6.07) is 7.68. The summed E-state index contributed by atoms with van der Waals surface area (Å²) in [5.74, 6) is 2.19. The number of aliphatic hydroxyl groups is 2. The van der Waals surface area contributed by atoms with Crippen molar-refractivity contribution in [1.29, 1.82) is 0 Å². The molecule has 3 N–H and O–H groups in total. The molecule has 1 aliphatic heterocycles. The van der Waals surface area contributed by atoms with Crippen LogP contribution in [-0.4, -0.2) is 47.3 Å². The number of hydrogen-bond acceptors (Lipinski definition) is 6. The third-order valence-electron chi connectivity index (χ3n) is 8.12. The fourth-order valence-corrected chi connectivity index (χ4v) is 6.04. The smallest absolute Gasteiger partial charge is 0.165 e. The number of phenolic OH excluding ortho intramolecular Hbond substituents is 1. The zero-order chi connectivity index (χ0) is 27.1. The molecule has 1 aliphatic carbocycles. The maximum Gasteiger partial charge on any atom is 0.165 e. The first-order valence-corrected chi connectivity index (χ1v) is 12.9. The fraction of sp³-hybridized carbons (Fsp3) is 0.484. The highest BCUT2D eigenvalue weighted by Gasteiger charge is 2.58. The van der Waals surface area contributed by atoms with E-state index in [-0.39, 0.29) is 11.7 Å².